The Morgan fingerprint density at radius 3 is 3.21 bits per heavy atom. The average Bonchev–Trinajstić information content (AvgIpc) is 2.30. The summed E-state index contributed by atoms with van der Waals surface area (Å²) in [7, 11) is 1.64. The first-order chi connectivity index (χ1) is 6.90. The van der Waals surface area contributed by atoms with Gasteiger partial charge in [-0.2, -0.15) is 0 Å². The molecule has 0 bridgehead atoms. The van der Waals surface area contributed by atoms with E-state index in [0.29, 0.717) is 0 Å². The van der Waals surface area contributed by atoms with Crippen LogP contribution in [-0.4, -0.2) is 31.8 Å². The zero-order chi connectivity index (χ0) is 9.80. The van der Waals surface area contributed by atoms with Gasteiger partial charge < -0.3 is 14.8 Å². The zero-order valence-electron chi connectivity index (χ0n) is 8.19. The number of ether oxygens (including phenoxy) is 2. The number of pyridine rings is 1. The van der Waals surface area contributed by atoms with Gasteiger partial charge in [0.05, 0.1) is 26.0 Å². The predicted octanol–water partition coefficient (Wildman–Crippen LogP) is 0.751. The SMILES string of the molecule is COc1cncc(C2CNCCO2)c1. The quantitative estimate of drug-likeness (QED) is 0.754. The number of hydrogen-bond acceptors (Lipinski definition) is 4. The molecule has 1 N–H and O–H groups in total. The number of aromatic nitrogens is 1. The molecule has 1 aromatic heterocycles. The highest BCUT2D eigenvalue weighted by Crippen LogP contribution is 2.21. The molecular formula is C10H14N2O2. The molecule has 1 aromatic rings. The lowest BCUT2D eigenvalue weighted by Gasteiger charge is -2.23. The predicted molar refractivity (Wildman–Crippen MR) is 52.4 cm³/mol. The number of morpholine rings is 1. The first kappa shape index (κ1) is 9.43. The Morgan fingerprint density at radius 1 is 1.57 bits per heavy atom. The third-order valence-electron chi connectivity index (χ3n) is 2.27. The summed E-state index contributed by atoms with van der Waals surface area (Å²) < 4.78 is 10.7. The maximum atomic E-state index is 5.61. The molecule has 1 atom stereocenters. The van der Waals surface area contributed by atoms with E-state index in [9.17, 15) is 0 Å². The van der Waals surface area contributed by atoms with E-state index in [1.54, 1.807) is 13.3 Å². The minimum absolute atomic E-state index is 0.103. The smallest absolute Gasteiger partial charge is 0.137 e. The average molecular weight is 194 g/mol. The van der Waals surface area contributed by atoms with E-state index in [-0.39, 0.29) is 6.10 Å². The first-order valence-corrected chi connectivity index (χ1v) is 4.71. The highest BCUT2D eigenvalue weighted by atomic mass is 16.5. The summed E-state index contributed by atoms with van der Waals surface area (Å²) >= 11 is 0. The van der Waals surface area contributed by atoms with E-state index in [4.69, 9.17) is 9.47 Å². The fourth-order valence-corrected chi connectivity index (χ4v) is 1.50. The Labute approximate surface area is 83.2 Å². The molecular weight excluding hydrogens is 180 g/mol. The second-order valence-electron chi connectivity index (χ2n) is 3.22. The third kappa shape index (κ3) is 2.02. The summed E-state index contributed by atoms with van der Waals surface area (Å²) in [5.74, 6) is 0.775. The highest BCUT2D eigenvalue weighted by Gasteiger charge is 2.16. The monoisotopic (exact) mass is 194 g/mol. The number of methoxy groups -OCH3 is 1. The van der Waals surface area contributed by atoms with Crippen molar-refractivity contribution >= 4 is 0 Å². The summed E-state index contributed by atoms with van der Waals surface area (Å²) in [5, 5.41) is 3.28. The molecule has 0 aliphatic carbocycles. The van der Waals surface area contributed by atoms with Crippen LogP contribution in [0.1, 0.15) is 11.7 Å². The van der Waals surface area contributed by atoms with Gasteiger partial charge >= 0.3 is 0 Å². The summed E-state index contributed by atoms with van der Waals surface area (Å²) in [6, 6.07) is 1.96. The molecule has 0 spiro atoms. The van der Waals surface area contributed by atoms with Crippen LogP contribution in [0.3, 0.4) is 0 Å². The van der Waals surface area contributed by atoms with E-state index >= 15 is 0 Å². The highest BCUT2D eigenvalue weighted by molar-refractivity contribution is 5.25. The van der Waals surface area contributed by atoms with Crippen molar-refractivity contribution in [1.29, 1.82) is 0 Å². The van der Waals surface area contributed by atoms with E-state index in [1.165, 1.54) is 0 Å². The van der Waals surface area contributed by atoms with E-state index < -0.39 is 0 Å². The van der Waals surface area contributed by atoms with Crippen molar-refractivity contribution in [2.45, 2.75) is 6.10 Å². The van der Waals surface area contributed by atoms with Crippen molar-refractivity contribution in [2.24, 2.45) is 0 Å². The fourth-order valence-electron chi connectivity index (χ4n) is 1.50. The van der Waals surface area contributed by atoms with Crippen molar-refractivity contribution in [3.63, 3.8) is 0 Å². The molecule has 1 aliphatic rings. The summed E-state index contributed by atoms with van der Waals surface area (Å²) in [6.45, 7) is 2.52. The molecule has 4 nitrogen and oxygen atoms in total. The second-order valence-corrected chi connectivity index (χ2v) is 3.22. The van der Waals surface area contributed by atoms with Crippen LogP contribution >= 0.6 is 0 Å². The molecule has 0 radical (unpaired) electrons. The number of rotatable bonds is 2. The number of hydrogen-bond donors (Lipinski definition) is 1. The van der Waals surface area contributed by atoms with Crippen LogP contribution < -0.4 is 10.1 Å². The largest absolute Gasteiger partial charge is 0.495 e. The van der Waals surface area contributed by atoms with Crippen LogP contribution in [0.2, 0.25) is 0 Å². The number of nitrogens with one attached hydrogen (secondary N) is 1. The van der Waals surface area contributed by atoms with Crippen LogP contribution in [0.4, 0.5) is 0 Å². The third-order valence-corrected chi connectivity index (χ3v) is 2.27. The Balaban J connectivity index is 2.13. The fraction of sp³-hybridized carbons (Fsp3) is 0.500. The molecule has 2 heterocycles. The van der Waals surface area contributed by atoms with Gasteiger partial charge in [-0.25, -0.2) is 0 Å². The number of nitrogens with zero attached hydrogens (tertiary/aromatic N) is 1. The van der Waals surface area contributed by atoms with Crippen molar-refractivity contribution < 1.29 is 9.47 Å². The molecule has 14 heavy (non-hydrogen) atoms. The van der Waals surface area contributed by atoms with Crippen LogP contribution in [0.5, 0.6) is 5.75 Å². The lowest BCUT2D eigenvalue weighted by Crippen LogP contribution is -2.33. The Bertz CT molecular complexity index is 298. The normalized spacial score (nSPS) is 21.9. The van der Waals surface area contributed by atoms with Gasteiger partial charge in [0.1, 0.15) is 5.75 Å². The van der Waals surface area contributed by atoms with Crippen LogP contribution in [0, 0.1) is 0 Å². The van der Waals surface area contributed by atoms with Gasteiger partial charge in [0, 0.05) is 24.8 Å². The zero-order valence-corrected chi connectivity index (χ0v) is 8.19. The van der Waals surface area contributed by atoms with E-state index in [0.717, 1.165) is 31.0 Å². The Morgan fingerprint density at radius 2 is 2.50 bits per heavy atom. The van der Waals surface area contributed by atoms with Crippen molar-refractivity contribution in [1.82, 2.24) is 10.3 Å². The molecule has 0 aromatic carbocycles. The minimum atomic E-state index is 0.103. The summed E-state index contributed by atoms with van der Waals surface area (Å²) in [5.41, 5.74) is 1.07. The van der Waals surface area contributed by atoms with Gasteiger partial charge in [0.25, 0.3) is 0 Å². The molecule has 4 heteroatoms. The van der Waals surface area contributed by atoms with Crippen molar-refractivity contribution in [3.8, 4) is 5.75 Å². The summed E-state index contributed by atoms with van der Waals surface area (Å²) in [4.78, 5) is 4.10. The van der Waals surface area contributed by atoms with Gasteiger partial charge in [-0.15, -0.1) is 0 Å². The maximum absolute atomic E-state index is 5.61. The molecule has 1 unspecified atom stereocenters. The minimum Gasteiger partial charge on any atom is -0.495 e. The Hall–Kier alpha value is -1.13. The van der Waals surface area contributed by atoms with Crippen LogP contribution in [0.15, 0.2) is 18.5 Å². The Kier molecular flexibility index (Phi) is 2.96. The van der Waals surface area contributed by atoms with Gasteiger partial charge in [-0.05, 0) is 6.07 Å². The van der Waals surface area contributed by atoms with E-state index in [2.05, 4.69) is 10.3 Å². The molecule has 0 amide bonds. The lowest BCUT2D eigenvalue weighted by molar-refractivity contribution is 0.0274. The first-order valence-electron chi connectivity index (χ1n) is 4.71. The molecule has 1 aliphatic heterocycles. The van der Waals surface area contributed by atoms with Crippen LogP contribution in [-0.2, 0) is 4.74 Å². The van der Waals surface area contributed by atoms with Crippen molar-refractivity contribution in [2.75, 3.05) is 26.8 Å². The maximum Gasteiger partial charge on any atom is 0.137 e. The standard InChI is InChI=1S/C10H14N2O2/c1-13-9-4-8(5-12-6-9)10-7-11-2-3-14-10/h4-6,10-11H,2-3,7H2,1H3. The topological polar surface area (TPSA) is 43.4 Å². The summed E-state index contributed by atoms with van der Waals surface area (Å²) in [6.07, 6.45) is 3.62. The molecule has 76 valence electrons. The molecule has 1 saturated heterocycles. The molecule has 1 fully saturated rings. The second kappa shape index (κ2) is 4.39. The van der Waals surface area contributed by atoms with Gasteiger partial charge in [0.15, 0.2) is 0 Å². The molecule has 0 saturated carbocycles. The van der Waals surface area contributed by atoms with E-state index in [1.807, 2.05) is 12.3 Å². The van der Waals surface area contributed by atoms with Crippen molar-refractivity contribution in [3.05, 3.63) is 24.0 Å². The van der Waals surface area contributed by atoms with Crippen LogP contribution in [0.25, 0.3) is 0 Å². The lowest BCUT2D eigenvalue weighted by atomic mass is 10.1. The van der Waals surface area contributed by atoms with Gasteiger partial charge in [-0.3, -0.25) is 4.98 Å². The molecule has 2 rings (SSSR count). The van der Waals surface area contributed by atoms with Gasteiger partial charge in [0.2, 0.25) is 0 Å². The van der Waals surface area contributed by atoms with Gasteiger partial charge in [-0.1, -0.05) is 0 Å².